The molecule has 0 aromatic carbocycles. The van der Waals surface area contributed by atoms with E-state index >= 15 is 0 Å². The molecule has 2 aliphatic carbocycles. The van der Waals surface area contributed by atoms with Gasteiger partial charge in [-0.2, -0.15) is 0 Å². The number of allylic oxidation sites excluding steroid dienone is 4. The molecule has 0 spiro atoms. The van der Waals surface area contributed by atoms with Crippen LogP contribution >= 0.6 is 8.60 Å². The first-order valence-corrected chi connectivity index (χ1v) is 10.4. The number of hydrogen-bond donors (Lipinski definition) is 2. The molecule has 0 aromatic rings. The lowest BCUT2D eigenvalue weighted by Crippen LogP contribution is -2.02. The van der Waals surface area contributed by atoms with Gasteiger partial charge in [-0.3, -0.25) is 4.79 Å². The lowest BCUT2D eigenvalue weighted by Gasteiger charge is -2.12. The monoisotopic (exact) mass is 398 g/mol. The second kappa shape index (κ2) is 15.7. The van der Waals surface area contributed by atoms with Gasteiger partial charge in [0, 0.05) is 6.92 Å². The third-order valence-corrected chi connectivity index (χ3v) is 4.47. The highest BCUT2D eigenvalue weighted by Gasteiger charge is 2.08. The topological polar surface area (TPSA) is 85.2 Å². The van der Waals surface area contributed by atoms with Crippen LogP contribution in [0.2, 0.25) is 0 Å². The molecule has 0 saturated heterocycles. The van der Waals surface area contributed by atoms with Crippen LogP contribution in [0.1, 0.15) is 45.4 Å². The van der Waals surface area contributed by atoms with Crippen molar-refractivity contribution in [3.63, 3.8) is 0 Å². The predicted molar refractivity (Wildman–Crippen MR) is 107 cm³/mol. The van der Waals surface area contributed by atoms with E-state index in [1.54, 1.807) is 0 Å². The van der Waals surface area contributed by atoms with Gasteiger partial charge in [0.15, 0.2) is 0 Å². The van der Waals surface area contributed by atoms with Crippen molar-refractivity contribution >= 4 is 14.6 Å². The maximum atomic E-state index is 10.5. The van der Waals surface area contributed by atoms with Gasteiger partial charge >= 0.3 is 14.6 Å². The molecule has 2 rings (SSSR count). The summed E-state index contributed by atoms with van der Waals surface area (Å²) in [7, 11) is -1.82. The average molecular weight is 398 g/mol. The molecule has 27 heavy (non-hydrogen) atoms. The molecule has 1 atom stereocenters. The molecular weight excluding hydrogens is 367 g/mol. The molecular formula is C20H31O6P. The van der Waals surface area contributed by atoms with E-state index in [0.717, 1.165) is 49.7 Å². The Morgan fingerprint density at radius 1 is 1.00 bits per heavy atom. The predicted octanol–water partition coefficient (Wildman–Crippen LogP) is 4.11. The fourth-order valence-corrected chi connectivity index (χ4v) is 2.91. The second-order valence-corrected chi connectivity index (χ2v) is 7.06. The number of aliphatic hydroxyl groups excluding tert-OH is 1. The van der Waals surface area contributed by atoms with Gasteiger partial charge < -0.3 is 23.8 Å². The number of carbonyl (C=O) groups is 1. The van der Waals surface area contributed by atoms with Crippen LogP contribution in [0.4, 0.5) is 0 Å². The number of unbranched alkanes of at least 4 members (excludes halogenated alkanes) is 1. The average Bonchev–Trinajstić information content (AvgIpc) is 2.70. The fourth-order valence-electron chi connectivity index (χ4n) is 2.29. The highest BCUT2D eigenvalue weighted by molar-refractivity contribution is 7.40. The van der Waals surface area contributed by atoms with Gasteiger partial charge in [-0.25, -0.2) is 0 Å². The number of aliphatic hydroxyl groups is 1. The van der Waals surface area contributed by atoms with E-state index in [9.17, 15) is 9.69 Å². The third-order valence-electron chi connectivity index (χ3n) is 3.71. The van der Waals surface area contributed by atoms with Crippen molar-refractivity contribution in [2.75, 3.05) is 26.4 Å². The molecule has 6 nitrogen and oxygen atoms in total. The van der Waals surface area contributed by atoms with Crippen molar-refractivity contribution in [3.8, 4) is 0 Å². The van der Waals surface area contributed by atoms with E-state index in [0.29, 0.717) is 19.8 Å². The molecule has 152 valence electrons. The Labute approximate surface area is 163 Å². The highest BCUT2D eigenvalue weighted by Crippen LogP contribution is 2.33. The summed E-state index contributed by atoms with van der Waals surface area (Å²) in [5.41, 5.74) is 2.13. The van der Waals surface area contributed by atoms with Gasteiger partial charge in [-0.15, -0.1) is 0 Å². The van der Waals surface area contributed by atoms with E-state index < -0.39 is 8.60 Å². The normalized spacial score (nSPS) is 16.7. The zero-order chi connectivity index (χ0) is 19.7. The number of hydrogen-bond acceptors (Lipinski definition) is 6. The van der Waals surface area contributed by atoms with Crippen LogP contribution in [0.15, 0.2) is 47.6 Å². The molecule has 2 N–H and O–H groups in total. The number of esters is 1. The second-order valence-electron chi connectivity index (χ2n) is 6.07. The van der Waals surface area contributed by atoms with Gasteiger partial charge in [0.2, 0.25) is 0 Å². The molecule has 0 aliphatic heterocycles. The SMILES string of the molecule is CC(=O)OCCCCOP(O)OCC1=CCCC=C1.OCC1=CCCC=C1. The van der Waals surface area contributed by atoms with E-state index in [4.69, 9.17) is 18.9 Å². The summed E-state index contributed by atoms with van der Waals surface area (Å²) in [5, 5.41) is 8.57. The minimum Gasteiger partial charge on any atom is -0.466 e. The minimum absolute atomic E-state index is 0.191. The number of carbonyl (C=O) groups excluding carboxylic acids is 1. The Morgan fingerprint density at radius 2 is 1.63 bits per heavy atom. The molecule has 0 amide bonds. The fraction of sp³-hybridized carbons (Fsp3) is 0.550. The van der Waals surface area contributed by atoms with Crippen molar-refractivity contribution in [2.24, 2.45) is 0 Å². The van der Waals surface area contributed by atoms with Gasteiger partial charge in [0.25, 0.3) is 0 Å². The lowest BCUT2D eigenvalue weighted by atomic mass is 10.1. The summed E-state index contributed by atoms with van der Waals surface area (Å²) >= 11 is 0. The standard InChI is InChI=1S/C13H21O5P.C7H10O/c1-12(14)16-9-5-6-10-17-19(15)18-11-13-7-3-2-4-8-13;8-6-7-4-2-1-3-5-7/h3,7-8,15H,2,4-6,9-11H2,1H3;2,4-5,8H,1,3,6H2. The van der Waals surface area contributed by atoms with Crippen LogP contribution in [-0.2, 0) is 18.6 Å². The first-order valence-electron chi connectivity index (χ1n) is 9.32. The maximum absolute atomic E-state index is 10.5. The molecule has 0 saturated carbocycles. The van der Waals surface area contributed by atoms with Crippen LogP contribution in [0.25, 0.3) is 0 Å². The zero-order valence-corrected chi connectivity index (χ0v) is 16.9. The first kappa shape index (κ1) is 23.7. The minimum atomic E-state index is -1.82. The van der Waals surface area contributed by atoms with E-state index in [-0.39, 0.29) is 12.6 Å². The number of ether oxygens (including phenoxy) is 1. The summed E-state index contributed by atoms with van der Waals surface area (Å²) in [6.45, 7) is 2.74. The highest BCUT2D eigenvalue weighted by atomic mass is 31.2. The van der Waals surface area contributed by atoms with Crippen LogP contribution in [-0.4, -0.2) is 42.4 Å². The summed E-state index contributed by atoms with van der Waals surface area (Å²) in [6.07, 6.45) is 18.1. The molecule has 7 heteroatoms. The lowest BCUT2D eigenvalue weighted by molar-refractivity contribution is -0.141. The Bertz CT molecular complexity index is 539. The first-order chi connectivity index (χ1) is 13.1. The summed E-state index contributed by atoms with van der Waals surface area (Å²) < 4.78 is 15.1. The van der Waals surface area contributed by atoms with Crippen molar-refractivity contribution in [1.29, 1.82) is 0 Å². The van der Waals surface area contributed by atoms with E-state index in [2.05, 4.69) is 24.3 Å². The Hall–Kier alpha value is -1.30. The van der Waals surface area contributed by atoms with Crippen molar-refractivity contribution in [3.05, 3.63) is 47.6 Å². The van der Waals surface area contributed by atoms with Gasteiger partial charge in [-0.1, -0.05) is 36.5 Å². The quantitative estimate of drug-likeness (QED) is 0.327. The number of rotatable bonds is 10. The summed E-state index contributed by atoms with van der Waals surface area (Å²) in [6, 6.07) is 0. The van der Waals surface area contributed by atoms with Gasteiger partial charge in [0.1, 0.15) is 0 Å². The van der Waals surface area contributed by atoms with Crippen molar-refractivity contribution in [2.45, 2.75) is 45.4 Å². The third kappa shape index (κ3) is 13.5. The maximum Gasteiger partial charge on any atom is 0.330 e. The molecule has 1 unspecified atom stereocenters. The largest absolute Gasteiger partial charge is 0.466 e. The van der Waals surface area contributed by atoms with Gasteiger partial charge in [0.05, 0.1) is 26.4 Å². The van der Waals surface area contributed by atoms with Gasteiger partial charge in [-0.05, 0) is 49.7 Å². The zero-order valence-electron chi connectivity index (χ0n) is 16.0. The molecule has 0 bridgehead atoms. The summed E-state index contributed by atoms with van der Waals surface area (Å²) in [5.74, 6) is -0.275. The van der Waals surface area contributed by atoms with Crippen LogP contribution in [0, 0.1) is 0 Å². The molecule has 0 aromatic heterocycles. The molecule has 2 aliphatic rings. The van der Waals surface area contributed by atoms with Crippen molar-refractivity contribution < 1.29 is 28.6 Å². The van der Waals surface area contributed by atoms with Crippen molar-refractivity contribution in [1.82, 2.24) is 0 Å². The summed E-state index contributed by atoms with van der Waals surface area (Å²) in [4.78, 5) is 20.0. The van der Waals surface area contributed by atoms with Crippen LogP contribution < -0.4 is 0 Å². The van der Waals surface area contributed by atoms with Crippen LogP contribution in [0.3, 0.4) is 0 Å². The Kier molecular flexibility index (Phi) is 13.8. The smallest absolute Gasteiger partial charge is 0.330 e. The Morgan fingerprint density at radius 3 is 2.15 bits per heavy atom. The van der Waals surface area contributed by atoms with E-state index in [1.807, 2.05) is 12.2 Å². The Balaban J connectivity index is 0.000000377. The van der Waals surface area contributed by atoms with Crippen LogP contribution in [0.5, 0.6) is 0 Å². The molecule has 0 heterocycles. The molecule has 0 radical (unpaired) electrons. The van der Waals surface area contributed by atoms with E-state index in [1.165, 1.54) is 6.92 Å². The molecule has 0 fully saturated rings.